The highest BCUT2D eigenvalue weighted by Gasteiger charge is 2.09. The second-order valence-electron chi connectivity index (χ2n) is 7.06. The van der Waals surface area contributed by atoms with E-state index in [2.05, 4.69) is 78.8 Å². The van der Waals surface area contributed by atoms with Crippen molar-refractivity contribution in [3.63, 3.8) is 0 Å². The van der Waals surface area contributed by atoms with Crippen molar-refractivity contribution in [3.05, 3.63) is 57.8 Å². The van der Waals surface area contributed by atoms with Crippen LogP contribution in [-0.2, 0) is 19.5 Å². The first kappa shape index (κ1) is 18.2. The maximum Gasteiger partial charge on any atom is 0.0246 e. The summed E-state index contributed by atoms with van der Waals surface area (Å²) >= 11 is 1.78. The summed E-state index contributed by atoms with van der Waals surface area (Å²) in [5.74, 6) is 0.709. The highest BCUT2D eigenvalue weighted by molar-refractivity contribution is 7.07. The van der Waals surface area contributed by atoms with Gasteiger partial charge in [-0.3, -0.25) is 4.90 Å². The van der Waals surface area contributed by atoms with Crippen LogP contribution in [0.4, 0.5) is 0 Å². The molecule has 0 fully saturated rings. The molecule has 126 valence electrons. The van der Waals surface area contributed by atoms with Gasteiger partial charge in [0.05, 0.1) is 0 Å². The molecule has 1 aromatic carbocycles. The third-order valence-corrected chi connectivity index (χ3v) is 4.62. The Bertz CT molecular complexity index is 561. The third-order valence-electron chi connectivity index (χ3n) is 3.89. The Balaban J connectivity index is 2.03. The lowest BCUT2D eigenvalue weighted by atomic mass is 10.0. The molecule has 0 aliphatic carbocycles. The fraction of sp³-hybridized carbons (Fsp3) is 0.500. The van der Waals surface area contributed by atoms with Gasteiger partial charge in [-0.1, -0.05) is 38.1 Å². The molecule has 0 radical (unpaired) electrons. The van der Waals surface area contributed by atoms with Crippen molar-refractivity contribution in [2.45, 2.75) is 33.4 Å². The van der Waals surface area contributed by atoms with Crippen molar-refractivity contribution in [2.75, 3.05) is 27.2 Å². The van der Waals surface area contributed by atoms with Gasteiger partial charge in [-0.2, -0.15) is 11.3 Å². The summed E-state index contributed by atoms with van der Waals surface area (Å²) in [4.78, 5) is 4.81. The lowest BCUT2D eigenvalue weighted by Gasteiger charge is -2.24. The first-order valence-electron chi connectivity index (χ1n) is 8.49. The molecule has 0 spiro atoms. The van der Waals surface area contributed by atoms with Gasteiger partial charge >= 0.3 is 0 Å². The number of likely N-dealkylation sites (N-methyl/N-ethyl adjacent to an activating group) is 1. The Morgan fingerprint density at radius 1 is 0.957 bits per heavy atom. The van der Waals surface area contributed by atoms with Crippen LogP contribution in [-0.4, -0.2) is 37.0 Å². The molecule has 0 N–H and O–H groups in total. The van der Waals surface area contributed by atoms with E-state index in [0.717, 1.165) is 32.6 Å². The van der Waals surface area contributed by atoms with Gasteiger partial charge in [0.15, 0.2) is 0 Å². The Morgan fingerprint density at radius 3 is 2.35 bits per heavy atom. The summed E-state index contributed by atoms with van der Waals surface area (Å²) < 4.78 is 0. The predicted molar refractivity (Wildman–Crippen MR) is 102 cm³/mol. The normalized spacial score (nSPS) is 11.8. The second kappa shape index (κ2) is 9.21. The molecule has 23 heavy (non-hydrogen) atoms. The minimum absolute atomic E-state index is 0.709. The number of hydrogen-bond acceptors (Lipinski definition) is 3. The van der Waals surface area contributed by atoms with Crippen molar-refractivity contribution in [1.82, 2.24) is 9.80 Å². The fourth-order valence-corrected chi connectivity index (χ4v) is 3.44. The minimum Gasteiger partial charge on any atom is -0.308 e. The van der Waals surface area contributed by atoms with Crippen LogP contribution in [0.2, 0.25) is 0 Å². The van der Waals surface area contributed by atoms with E-state index in [1.807, 2.05) is 0 Å². The van der Waals surface area contributed by atoms with Gasteiger partial charge in [0, 0.05) is 26.2 Å². The molecule has 2 rings (SSSR count). The monoisotopic (exact) mass is 330 g/mol. The Morgan fingerprint density at radius 2 is 1.70 bits per heavy atom. The van der Waals surface area contributed by atoms with Crippen molar-refractivity contribution in [1.29, 1.82) is 0 Å². The molecule has 3 heteroatoms. The van der Waals surface area contributed by atoms with Crippen LogP contribution >= 0.6 is 11.3 Å². The van der Waals surface area contributed by atoms with Gasteiger partial charge in [-0.15, -0.1) is 0 Å². The smallest absolute Gasteiger partial charge is 0.0246 e. The van der Waals surface area contributed by atoms with Crippen LogP contribution in [0.25, 0.3) is 0 Å². The van der Waals surface area contributed by atoms with Crippen LogP contribution in [0.1, 0.15) is 30.5 Å². The number of rotatable bonds is 9. The molecule has 0 bridgehead atoms. The summed E-state index contributed by atoms with van der Waals surface area (Å²) in [6.45, 7) is 8.81. The second-order valence-corrected chi connectivity index (χ2v) is 7.84. The lowest BCUT2D eigenvalue weighted by Crippen LogP contribution is -2.31. The summed E-state index contributed by atoms with van der Waals surface area (Å²) in [7, 11) is 4.29. The number of nitrogens with zero attached hydrogens (tertiary/aromatic N) is 2. The SMILES string of the molecule is CC(C)Cc1cccc(CN(CCN(C)C)Cc2ccsc2)c1. The molecule has 2 nitrogen and oxygen atoms in total. The molecule has 1 aromatic heterocycles. The van der Waals surface area contributed by atoms with Crippen LogP contribution in [0.15, 0.2) is 41.1 Å². The van der Waals surface area contributed by atoms with E-state index in [4.69, 9.17) is 0 Å². The number of thiophene rings is 1. The average molecular weight is 331 g/mol. The van der Waals surface area contributed by atoms with E-state index in [-0.39, 0.29) is 0 Å². The van der Waals surface area contributed by atoms with Gasteiger partial charge in [0.25, 0.3) is 0 Å². The molecule has 1 heterocycles. The Kier molecular flexibility index (Phi) is 7.28. The first-order chi connectivity index (χ1) is 11.0. The summed E-state index contributed by atoms with van der Waals surface area (Å²) in [5.41, 5.74) is 4.31. The highest BCUT2D eigenvalue weighted by atomic mass is 32.1. The average Bonchev–Trinajstić information content (AvgIpc) is 2.97. The standard InChI is InChI=1S/C20H30N2S/c1-17(2)12-18-6-5-7-19(13-18)14-22(10-9-21(3)4)15-20-8-11-23-16-20/h5-8,11,13,16-17H,9-10,12,14-15H2,1-4H3. The largest absolute Gasteiger partial charge is 0.308 e. The van der Waals surface area contributed by atoms with E-state index in [9.17, 15) is 0 Å². The van der Waals surface area contributed by atoms with Gasteiger partial charge in [0.1, 0.15) is 0 Å². The van der Waals surface area contributed by atoms with Crippen molar-refractivity contribution < 1.29 is 0 Å². The van der Waals surface area contributed by atoms with E-state index in [1.165, 1.54) is 16.7 Å². The maximum atomic E-state index is 2.55. The zero-order valence-electron chi connectivity index (χ0n) is 15.0. The van der Waals surface area contributed by atoms with E-state index in [1.54, 1.807) is 11.3 Å². The van der Waals surface area contributed by atoms with Crippen molar-refractivity contribution >= 4 is 11.3 Å². The zero-order valence-corrected chi connectivity index (χ0v) is 15.8. The van der Waals surface area contributed by atoms with E-state index >= 15 is 0 Å². The van der Waals surface area contributed by atoms with Crippen LogP contribution < -0.4 is 0 Å². The van der Waals surface area contributed by atoms with Crippen molar-refractivity contribution in [3.8, 4) is 0 Å². The summed E-state index contributed by atoms with van der Waals surface area (Å²) in [6.07, 6.45) is 1.16. The summed E-state index contributed by atoms with van der Waals surface area (Å²) in [5, 5.41) is 4.43. The molecule has 0 saturated heterocycles. The molecular weight excluding hydrogens is 300 g/mol. The minimum atomic E-state index is 0.709. The van der Waals surface area contributed by atoms with Gasteiger partial charge in [-0.05, 0) is 60.0 Å². The molecule has 0 unspecified atom stereocenters. The van der Waals surface area contributed by atoms with Gasteiger partial charge in [-0.25, -0.2) is 0 Å². The van der Waals surface area contributed by atoms with Gasteiger partial charge in [0.2, 0.25) is 0 Å². The Hall–Kier alpha value is -1.16. The summed E-state index contributed by atoms with van der Waals surface area (Å²) in [6, 6.07) is 11.4. The molecule has 0 aliphatic heterocycles. The van der Waals surface area contributed by atoms with E-state index in [0.29, 0.717) is 5.92 Å². The predicted octanol–water partition coefficient (Wildman–Crippen LogP) is 4.51. The maximum absolute atomic E-state index is 2.55. The molecule has 0 aliphatic rings. The first-order valence-corrected chi connectivity index (χ1v) is 9.43. The zero-order chi connectivity index (χ0) is 16.7. The van der Waals surface area contributed by atoms with Crippen LogP contribution in [0, 0.1) is 5.92 Å². The molecule has 0 atom stereocenters. The quantitative estimate of drug-likeness (QED) is 0.667. The highest BCUT2D eigenvalue weighted by Crippen LogP contribution is 2.15. The topological polar surface area (TPSA) is 6.48 Å². The van der Waals surface area contributed by atoms with Gasteiger partial charge < -0.3 is 4.90 Å². The molecule has 0 saturated carbocycles. The number of benzene rings is 1. The van der Waals surface area contributed by atoms with Crippen LogP contribution in [0.3, 0.4) is 0 Å². The molecular formula is C20H30N2S. The third kappa shape index (κ3) is 6.86. The van der Waals surface area contributed by atoms with E-state index < -0.39 is 0 Å². The Labute approximate surface area is 145 Å². The lowest BCUT2D eigenvalue weighted by molar-refractivity contribution is 0.226. The number of hydrogen-bond donors (Lipinski definition) is 0. The van der Waals surface area contributed by atoms with Crippen molar-refractivity contribution in [2.24, 2.45) is 5.92 Å². The van der Waals surface area contributed by atoms with Crippen LogP contribution in [0.5, 0.6) is 0 Å². The molecule has 0 amide bonds. The molecule has 2 aromatic rings. The fourth-order valence-electron chi connectivity index (χ4n) is 2.78.